The number of amides is 1. The Bertz CT molecular complexity index is 415. The van der Waals surface area contributed by atoms with Gasteiger partial charge in [0, 0.05) is 12.9 Å². The second kappa shape index (κ2) is 4.34. The zero-order chi connectivity index (χ0) is 10.6. The lowest BCUT2D eigenvalue weighted by molar-refractivity contribution is 0.215. The van der Waals surface area contributed by atoms with E-state index in [2.05, 4.69) is 17.1 Å². The van der Waals surface area contributed by atoms with Gasteiger partial charge in [0.2, 0.25) is 0 Å². The molecule has 0 aromatic heterocycles. The molecule has 1 aromatic rings. The summed E-state index contributed by atoms with van der Waals surface area (Å²) >= 11 is 3.16. The van der Waals surface area contributed by atoms with Crippen molar-refractivity contribution in [3.05, 3.63) is 30.3 Å². The molecule has 0 aliphatic rings. The predicted molar refractivity (Wildman–Crippen MR) is 52.2 cm³/mol. The maximum Gasteiger partial charge on any atom is 0.433 e. The number of thiol groups is 1. The highest BCUT2D eigenvalue weighted by Crippen LogP contribution is 2.06. The Kier molecular flexibility index (Phi) is 3.37. The van der Waals surface area contributed by atoms with E-state index in [0.29, 0.717) is 0 Å². The van der Waals surface area contributed by atoms with Gasteiger partial charge in [-0.1, -0.05) is 18.2 Å². The van der Waals surface area contributed by atoms with Gasteiger partial charge in [0.25, 0.3) is 10.0 Å². The van der Waals surface area contributed by atoms with E-state index in [1.54, 1.807) is 22.9 Å². The molecule has 0 aliphatic carbocycles. The molecule has 1 N–H and O–H groups in total. The number of carbonyl (C=O) groups is 1. The monoisotopic (exact) mass is 233 g/mol. The second-order valence-corrected chi connectivity index (χ2v) is 4.16. The van der Waals surface area contributed by atoms with Crippen LogP contribution in [0.15, 0.2) is 35.2 Å². The third kappa shape index (κ3) is 2.64. The molecule has 1 amide bonds. The average molecular weight is 233 g/mol. The Morgan fingerprint density at radius 2 is 1.86 bits per heavy atom. The standard InChI is InChI=1S/C7H7NO4S2/c9-7(12-13)8-14(10,11)6-4-2-1-3-5-6/h1-5,13H,(H,8,9). The molecule has 0 aliphatic heterocycles. The zero-order valence-electron chi connectivity index (χ0n) is 6.88. The van der Waals surface area contributed by atoms with E-state index in [1.807, 2.05) is 0 Å². The van der Waals surface area contributed by atoms with Crippen molar-refractivity contribution in [3.63, 3.8) is 0 Å². The molecule has 5 nitrogen and oxygen atoms in total. The van der Waals surface area contributed by atoms with Crippen LogP contribution in [0.2, 0.25) is 0 Å². The summed E-state index contributed by atoms with van der Waals surface area (Å²) in [5.41, 5.74) is 0. The van der Waals surface area contributed by atoms with Gasteiger partial charge >= 0.3 is 6.09 Å². The first-order chi connectivity index (χ1) is 6.56. The maximum atomic E-state index is 11.4. The molecular formula is C7H7NO4S2. The van der Waals surface area contributed by atoms with Crippen LogP contribution in [0.1, 0.15) is 0 Å². The van der Waals surface area contributed by atoms with E-state index >= 15 is 0 Å². The van der Waals surface area contributed by atoms with E-state index in [-0.39, 0.29) is 4.90 Å². The van der Waals surface area contributed by atoms with Crippen molar-refractivity contribution < 1.29 is 17.4 Å². The zero-order valence-corrected chi connectivity index (χ0v) is 8.59. The number of benzene rings is 1. The molecule has 0 fully saturated rings. The van der Waals surface area contributed by atoms with E-state index in [9.17, 15) is 13.2 Å². The van der Waals surface area contributed by atoms with Crippen molar-refractivity contribution in [2.24, 2.45) is 0 Å². The summed E-state index contributed by atoms with van der Waals surface area (Å²) in [5.74, 6) is 0. The van der Waals surface area contributed by atoms with Crippen molar-refractivity contribution in [2.75, 3.05) is 0 Å². The van der Waals surface area contributed by atoms with E-state index < -0.39 is 16.1 Å². The smallest absolute Gasteiger partial charge is 0.378 e. The molecule has 0 spiro atoms. The number of hydrogen-bond acceptors (Lipinski definition) is 5. The Morgan fingerprint density at radius 1 is 1.29 bits per heavy atom. The molecule has 0 saturated heterocycles. The fourth-order valence-corrected chi connectivity index (χ4v) is 1.79. The fourth-order valence-electron chi connectivity index (χ4n) is 0.787. The third-order valence-corrected chi connectivity index (χ3v) is 2.85. The first-order valence-corrected chi connectivity index (χ1v) is 5.34. The molecule has 1 rings (SSSR count). The topological polar surface area (TPSA) is 72.5 Å². The van der Waals surface area contributed by atoms with Crippen LogP contribution in [0.25, 0.3) is 0 Å². The van der Waals surface area contributed by atoms with Crippen LogP contribution in [-0.4, -0.2) is 14.5 Å². The second-order valence-electron chi connectivity index (χ2n) is 2.30. The molecular weight excluding hydrogens is 226 g/mol. The van der Waals surface area contributed by atoms with Gasteiger partial charge in [-0.05, 0) is 12.1 Å². The molecule has 0 bridgehead atoms. The number of hydrogen-bond donors (Lipinski definition) is 2. The van der Waals surface area contributed by atoms with E-state index in [0.717, 1.165) is 0 Å². The number of sulfonamides is 1. The molecule has 0 radical (unpaired) electrons. The summed E-state index contributed by atoms with van der Waals surface area (Å²) in [4.78, 5) is 10.6. The normalized spacial score (nSPS) is 10.6. The largest absolute Gasteiger partial charge is 0.433 e. The molecule has 0 atom stereocenters. The average Bonchev–Trinajstić information content (AvgIpc) is 2.18. The van der Waals surface area contributed by atoms with Crippen molar-refractivity contribution >= 4 is 29.0 Å². The summed E-state index contributed by atoms with van der Waals surface area (Å²) in [7, 11) is -3.85. The summed E-state index contributed by atoms with van der Waals surface area (Å²) < 4.78 is 28.2. The van der Waals surface area contributed by atoms with Crippen LogP contribution in [0.4, 0.5) is 4.79 Å². The van der Waals surface area contributed by atoms with Crippen molar-refractivity contribution in [2.45, 2.75) is 4.90 Å². The van der Waals surface area contributed by atoms with Gasteiger partial charge in [0.1, 0.15) is 0 Å². The van der Waals surface area contributed by atoms with Crippen molar-refractivity contribution in [1.29, 1.82) is 0 Å². The Labute approximate surface area is 86.7 Å². The van der Waals surface area contributed by atoms with E-state index in [1.165, 1.54) is 12.1 Å². The van der Waals surface area contributed by atoms with Gasteiger partial charge in [0.05, 0.1) is 4.90 Å². The minimum Gasteiger partial charge on any atom is -0.378 e. The molecule has 7 heteroatoms. The summed E-state index contributed by atoms with van der Waals surface area (Å²) in [6.07, 6.45) is -1.14. The van der Waals surface area contributed by atoms with Gasteiger partial charge in [-0.25, -0.2) is 17.9 Å². The molecule has 76 valence electrons. The SMILES string of the molecule is O=C(NS(=O)(=O)c1ccccc1)OS. The van der Waals surface area contributed by atoms with E-state index in [4.69, 9.17) is 0 Å². The number of nitrogens with one attached hydrogen (secondary N) is 1. The van der Waals surface area contributed by atoms with Gasteiger partial charge < -0.3 is 4.18 Å². The van der Waals surface area contributed by atoms with Gasteiger partial charge in [-0.3, -0.25) is 0 Å². The van der Waals surface area contributed by atoms with Crippen molar-refractivity contribution in [1.82, 2.24) is 4.72 Å². The van der Waals surface area contributed by atoms with Gasteiger partial charge in [-0.15, -0.1) is 0 Å². The summed E-state index contributed by atoms with van der Waals surface area (Å²) in [6, 6.07) is 7.46. The molecule has 0 heterocycles. The van der Waals surface area contributed by atoms with Crippen LogP contribution in [0.3, 0.4) is 0 Å². The van der Waals surface area contributed by atoms with Crippen molar-refractivity contribution in [3.8, 4) is 0 Å². The fraction of sp³-hybridized carbons (Fsp3) is 0. The lowest BCUT2D eigenvalue weighted by atomic mass is 10.4. The molecule has 0 unspecified atom stereocenters. The first kappa shape index (κ1) is 10.9. The maximum absolute atomic E-state index is 11.4. The van der Waals surface area contributed by atoms with Gasteiger partial charge in [0.15, 0.2) is 0 Å². The highest BCUT2D eigenvalue weighted by molar-refractivity contribution is 7.90. The summed E-state index contributed by atoms with van der Waals surface area (Å²) in [5, 5.41) is 0. The van der Waals surface area contributed by atoms with Gasteiger partial charge in [-0.2, -0.15) is 0 Å². The summed E-state index contributed by atoms with van der Waals surface area (Å²) in [6.45, 7) is 0. The lowest BCUT2D eigenvalue weighted by Crippen LogP contribution is -2.29. The minimum absolute atomic E-state index is 0.0151. The van der Waals surface area contributed by atoms with Crippen LogP contribution in [-0.2, 0) is 14.2 Å². The highest BCUT2D eigenvalue weighted by Gasteiger charge is 2.16. The number of carbonyl (C=O) groups excluding carboxylic acids is 1. The minimum atomic E-state index is -3.85. The Morgan fingerprint density at radius 3 is 2.36 bits per heavy atom. The molecule has 14 heavy (non-hydrogen) atoms. The number of rotatable bonds is 2. The predicted octanol–water partition coefficient (Wildman–Crippen LogP) is 0.946. The van der Waals surface area contributed by atoms with Crippen LogP contribution in [0, 0.1) is 0 Å². The van der Waals surface area contributed by atoms with Crippen LogP contribution < -0.4 is 4.72 Å². The molecule has 0 saturated carbocycles. The van der Waals surface area contributed by atoms with Crippen LogP contribution in [0.5, 0.6) is 0 Å². The molecule has 1 aromatic carbocycles. The van der Waals surface area contributed by atoms with Crippen LogP contribution >= 0.6 is 12.9 Å². The highest BCUT2D eigenvalue weighted by atomic mass is 32.2. The first-order valence-electron chi connectivity index (χ1n) is 3.49. The Balaban J connectivity index is 2.93. The quantitative estimate of drug-likeness (QED) is 0.589. The Hall–Kier alpha value is -1.21. The third-order valence-electron chi connectivity index (χ3n) is 1.35. The lowest BCUT2D eigenvalue weighted by Gasteiger charge is -2.03.